The Morgan fingerprint density at radius 1 is 0.244 bits per heavy atom. The van der Waals surface area contributed by atoms with Crippen LogP contribution in [0.4, 0.5) is 0 Å². The lowest BCUT2D eigenvalue weighted by atomic mass is 9.58. The molecule has 0 saturated carbocycles. The molecule has 0 spiro atoms. The fourth-order valence-electron chi connectivity index (χ4n) is 12.6. The van der Waals surface area contributed by atoms with Gasteiger partial charge in [0.2, 0.25) is 0 Å². The standard InChI is InChI=1S/C70H52N8/c1-37-9-13-41-17-21-45-25-49(33-71-61(45)65(41)75-37)53-29-57-58(30-54(53)50-26-46-22-18-42-14-10-38(2)76-66(42)62(46)72-34-50)70(7,8)60-32-56(52-28-48-24-20-44-16-12-40(4)78-68(44)64(48)74-36-52)55(31-59(60)69(57,5)6)51-27-47-23-19-43-15-11-39(3)77-67(43)63(47)73-35-51/h9-36H,1-8H3. The molecule has 0 bridgehead atoms. The van der Waals surface area contributed by atoms with Gasteiger partial charge in [-0.25, -0.2) is 0 Å². The summed E-state index contributed by atoms with van der Waals surface area (Å²) in [5.41, 5.74) is 23.7. The zero-order chi connectivity index (χ0) is 52.9. The lowest BCUT2D eigenvalue weighted by molar-refractivity contribution is 0.521. The summed E-state index contributed by atoms with van der Waals surface area (Å²) in [5, 5.41) is 8.46. The van der Waals surface area contributed by atoms with E-state index in [2.05, 4.69) is 173 Å². The minimum absolute atomic E-state index is 0.460. The fourth-order valence-corrected chi connectivity index (χ4v) is 12.6. The summed E-state index contributed by atoms with van der Waals surface area (Å²) in [7, 11) is 0. The smallest absolute Gasteiger partial charge is 0.0967 e. The van der Waals surface area contributed by atoms with Crippen molar-refractivity contribution in [1.82, 2.24) is 39.9 Å². The van der Waals surface area contributed by atoms with E-state index in [1.54, 1.807) is 0 Å². The number of benzene rings is 6. The van der Waals surface area contributed by atoms with E-state index in [1.807, 2.05) is 52.5 Å². The first-order valence-corrected chi connectivity index (χ1v) is 26.8. The summed E-state index contributed by atoms with van der Waals surface area (Å²) in [6, 6.07) is 53.1. The number of aryl methyl sites for hydroxylation is 4. The molecule has 0 fully saturated rings. The Bertz CT molecular complexity index is 4360. The largest absolute Gasteiger partial charge is 0.253 e. The molecule has 372 valence electrons. The zero-order valence-corrected chi connectivity index (χ0v) is 44.7. The fraction of sp³-hybridized carbons (Fsp3) is 0.143. The van der Waals surface area contributed by atoms with E-state index < -0.39 is 10.8 Å². The maximum atomic E-state index is 5.23. The molecule has 1 aliphatic rings. The molecule has 0 aliphatic heterocycles. The molecule has 8 nitrogen and oxygen atoms in total. The molecule has 0 radical (unpaired) electrons. The summed E-state index contributed by atoms with van der Waals surface area (Å²) < 4.78 is 0. The van der Waals surface area contributed by atoms with Crippen molar-refractivity contribution < 1.29 is 0 Å². The summed E-state index contributed by atoms with van der Waals surface area (Å²) in [4.78, 5) is 40.8. The molecule has 15 rings (SSSR count). The number of hydrogen-bond donors (Lipinski definition) is 0. The number of fused-ring (bicyclic) bond motifs is 14. The van der Waals surface area contributed by atoms with Gasteiger partial charge in [-0.1, -0.05) is 100 Å². The molecule has 0 amide bonds. The molecule has 1 aliphatic carbocycles. The van der Waals surface area contributed by atoms with E-state index in [-0.39, 0.29) is 0 Å². The van der Waals surface area contributed by atoms with Crippen LogP contribution in [0.1, 0.15) is 72.7 Å². The van der Waals surface area contributed by atoms with Gasteiger partial charge in [-0.15, -0.1) is 0 Å². The van der Waals surface area contributed by atoms with Crippen LogP contribution in [0.5, 0.6) is 0 Å². The SMILES string of the molecule is Cc1ccc2ccc3cc(-c4cc5c(cc4-c4cnc6c(ccc7ccc(C)nc76)c4)C(C)(C)c4cc(-c6cnc7c(ccc8ccc(C)nc87)c6)c(-c6cnc7c(ccc8ccc(C)nc87)c6)cc4C5(C)C)cnc3c2n1. The molecule has 6 aromatic carbocycles. The highest BCUT2D eigenvalue weighted by atomic mass is 14.8. The van der Waals surface area contributed by atoms with Gasteiger partial charge in [-0.2, -0.15) is 0 Å². The highest BCUT2D eigenvalue weighted by Gasteiger charge is 2.43. The van der Waals surface area contributed by atoms with Crippen LogP contribution in [0.25, 0.3) is 132 Å². The highest BCUT2D eigenvalue weighted by Crippen LogP contribution is 2.55. The average Bonchev–Trinajstić information content (AvgIpc) is 3.51. The highest BCUT2D eigenvalue weighted by molar-refractivity contribution is 6.08. The second-order valence-corrected chi connectivity index (χ2v) is 22.7. The van der Waals surface area contributed by atoms with Gasteiger partial charge >= 0.3 is 0 Å². The molecular formula is C70H52N8. The van der Waals surface area contributed by atoms with E-state index >= 15 is 0 Å². The van der Waals surface area contributed by atoms with Crippen LogP contribution in [0.3, 0.4) is 0 Å². The van der Waals surface area contributed by atoms with Gasteiger partial charge in [0, 0.05) is 124 Å². The second kappa shape index (κ2) is 16.6. The van der Waals surface area contributed by atoms with E-state index in [1.165, 1.54) is 22.3 Å². The Kier molecular flexibility index (Phi) is 9.75. The number of aromatic nitrogens is 8. The van der Waals surface area contributed by atoms with Gasteiger partial charge in [0.25, 0.3) is 0 Å². The van der Waals surface area contributed by atoms with Gasteiger partial charge in [-0.3, -0.25) is 39.9 Å². The van der Waals surface area contributed by atoms with Crippen molar-refractivity contribution in [3.05, 3.63) is 215 Å². The first-order chi connectivity index (χ1) is 37.7. The maximum absolute atomic E-state index is 5.23. The molecular weight excluding hydrogens is 953 g/mol. The molecule has 78 heavy (non-hydrogen) atoms. The van der Waals surface area contributed by atoms with E-state index in [4.69, 9.17) is 39.9 Å². The van der Waals surface area contributed by atoms with Crippen molar-refractivity contribution in [2.24, 2.45) is 0 Å². The molecule has 8 aromatic heterocycles. The molecule has 0 saturated heterocycles. The van der Waals surface area contributed by atoms with Crippen molar-refractivity contribution in [2.45, 2.75) is 66.2 Å². The van der Waals surface area contributed by atoms with Crippen LogP contribution in [-0.2, 0) is 10.8 Å². The third-order valence-electron chi connectivity index (χ3n) is 16.9. The summed E-state index contributed by atoms with van der Waals surface area (Å²) in [6.45, 7) is 17.7. The van der Waals surface area contributed by atoms with E-state index in [9.17, 15) is 0 Å². The van der Waals surface area contributed by atoms with Crippen LogP contribution in [0.15, 0.2) is 170 Å². The third kappa shape index (κ3) is 6.98. The van der Waals surface area contributed by atoms with Crippen LogP contribution >= 0.6 is 0 Å². The van der Waals surface area contributed by atoms with Crippen LogP contribution < -0.4 is 0 Å². The normalized spacial score (nSPS) is 13.8. The van der Waals surface area contributed by atoms with Crippen molar-refractivity contribution in [1.29, 1.82) is 0 Å². The first-order valence-electron chi connectivity index (χ1n) is 26.8. The van der Waals surface area contributed by atoms with Crippen LogP contribution in [0.2, 0.25) is 0 Å². The number of hydrogen-bond acceptors (Lipinski definition) is 8. The minimum Gasteiger partial charge on any atom is -0.253 e. The molecule has 8 heteroatoms. The van der Waals surface area contributed by atoms with Gasteiger partial charge in [0.05, 0.1) is 44.1 Å². The van der Waals surface area contributed by atoms with Crippen molar-refractivity contribution in [2.75, 3.05) is 0 Å². The molecule has 0 N–H and O–H groups in total. The quantitative estimate of drug-likeness (QED) is 0.161. The number of rotatable bonds is 4. The zero-order valence-electron chi connectivity index (χ0n) is 44.7. The lowest BCUT2D eigenvalue weighted by Gasteiger charge is -2.45. The third-order valence-corrected chi connectivity index (χ3v) is 16.9. The van der Waals surface area contributed by atoms with Crippen LogP contribution in [-0.4, -0.2) is 39.9 Å². The number of pyridine rings is 8. The van der Waals surface area contributed by atoms with E-state index in [0.29, 0.717) is 0 Å². The monoisotopic (exact) mass is 1000 g/mol. The second-order valence-electron chi connectivity index (χ2n) is 22.7. The van der Waals surface area contributed by atoms with Gasteiger partial charge in [0.1, 0.15) is 0 Å². The predicted molar refractivity (Wildman–Crippen MR) is 320 cm³/mol. The van der Waals surface area contributed by atoms with E-state index in [0.717, 1.165) is 155 Å². The Morgan fingerprint density at radius 3 is 0.679 bits per heavy atom. The Labute approximate surface area is 451 Å². The number of nitrogens with zero attached hydrogens (tertiary/aromatic N) is 8. The summed E-state index contributed by atoms with van der Waals surface area (Å²) in [6.07, 6.45) is 8.15. The lowest BCUT2D eigenvalue weighted by Crippen LogP contribution is -2.37. The Morgan fingerprint density at radius 2 is 0.449 bits per heavy atom. The first kappa shape index (κ1) is 45.9. The minimum atomic E-state index is -0.460. The molecule has 0 unspecified atom stereocenters. The molecule has 0 atom stereocenters. The molecule has 14 aromatic rings. The average molecular weight is 1010 g/mol. The summed E-state index contributed by atoms with van der Waals surface area (Å²) >= 11 is 0. The Balaban J connectivity index is 0.973. The maximum Gasteiger partial charge on any atom is 0.0967 e. The Hall–Kier alpha value is -9.40. The van der Waals surface area contributed by atoms with Crippen molar-refractivity contribution >= 4 is 87.2 Å². The van der Waals surface area contributed by atoms with Crippen molar-refractivity contribution in [3.63, 3.8) is 0 Å². The van der Waals surface area contributed by atoms with Crippen molar-refractivity contribution in [3.8, 4) is 44.5 Å². The topological polar surface area (TPSA) is 103 Å². The molecule has 8 heterocycles. The van der Waals surface area contributed by atoms with Gasteiger partial charge in [0.15, 0.2) is 0 Å². The van der Waals surface area contributed by atoms with Gasteiger partial charge < -0.3 is 0 Å². The summed E-state index contributed by atoms with van der Waals surface area (Å²) in [5.74, 6) is 0. The van der Waals surface area contributed by atoms with Gasteiger partial charge in [-0.05, 0) is 145 Å². The van der Waals surface area contributed by atoms with Crippen LogP contribution in [0, 0.1) is 27.7 Å². The predicted octanol–water partition coefficient (Wildman–Crippen LogP) is 16.9.